The van der Waals surface area contributed by atoms with Crippen molar-refractivity contribution in [1.82, 2.24) is 4.98 Å². The molecule has 1 heterocycles. The maximum absolute atomic E-state index is 11.3. The van der Waals surface area contributed by atoms with E-state index in [1.165, 1.54) is 12.5 Å². The predicted octanol–water partition coefficient (Wildman–Crippen LogP) is 6.49. The number of hydrogen-bond donors (Lipinski definition) is 1. The maximum Gasteiger partial charge on any atom is 0.304 e. The van der Waals surface area contributed by atoms with Gasteiger partial charge in [-0.25, -0.2) is 4.98 Å². The largest absolute Gasteiger partial charge is 0.489 e. The highest BCUT2D eigenvalue weighted by Crippen LogP contribution is 2.30. The monoisotopic (exact) mass is 447 g/mol. The van der Waals surface area contributed by atoms with Gasteiger partial charge in [-0.15, -0.1) is 0 Å². The second kappa shape index (κ2) is 9.71. The highest BCUT2D eigenvalue weighted by Gasteiger charge is 2.22. The van der Waals surface area contributed by atoms with E-state index in [4.69, 9.17) is 20.8 Å². The molecule has 0 aliphatic carbocycles. The van der Waals surface area contributed by atoms with Gasteiger partial charge in [-0.2, -0.15) is 0 Å². The van der Waals surface area contributed by atoms with Gasteiger partial charge in [-0.05, 0) is 59.0 Å². The Morgan fingerprint density at radius 3 is 2.62 bits per heavy atom. The lowest BCUT2D eigenvalue weighted by Crippen LogP contribution is -2.08. The number of oxazole rings is 1. The van der Waals surface area contributed by atoms with Gasteiger partial charge < -0.3 is 14.3 Å². The van der Waals surface area contributed by atoms with Crippen LogP contribution in [-0.4, -0.2) is 16.1 Å². The van der Waals surface area contributed by atoms with Crippen molar-refractivity contribution in [1.29, 1.82) is 0 Å². The van der Waals surface area contributed by atoms with Crippen molar-refractivity contribution in [3.05, 3.63) is 107 Å². The molecular weight excluding hydrogens is 426 g/mol. The first-order chi connectivity index (χ1) is 15.5. The number of hydrogen-bond acceptors (Lipinski definition) is 4. The number of aromatic nitrogens is 1. The fourth-order valence-electron chi connectivity index (χ4n) is 3.64. The first kappa shape index (κ1) is 21.7. The molecule has 4 aromatic rings. The third-order valence-corrected chi connectivity index (χ3v) is 5.73. The van der Waals surface area contributed by atoms with Crippen LogP contribution in [0, 0.1) is 6.92 Å². The summed E-state index contributed by atoms with van der Waals surface area (Å²) in [5.41, 5.74) is 5.07. The van der Waals surface area contributed by atoms with E-state index >= 15 is 0 Å². The highest BCUT2D eigenvalue weighted by atomic mass is 35.5. The summed E-state index contributed by atoms with van der Waals surface area (Å²) >= 11 is 6.27. The van der Waals surface area contributed by atoms with Gasteiger partial charge in [0, 0.05) is 5.02 Å². The van der Waals surface area contributed by atoms with Crippen molar-refractivity contribution in [2.75, 3.05) is 0 Å². The number of rotatable bonds is 8. The average molecular weight is 448 g/mol. The molecule has 6 heteroatoms. The third kappa shape index (κ3) is 5.01. The van der Waals surface area contributed by atoms with Crippen molar-refractivity contribution < 1.29 is 19.1 Å². The summed E-state index contributed by atoms with van der Waals surface area (Å²) in [6, 6.07) is 21.4. The van der Waals surface area contributed by atoms with Crippen LogP contribution in [0.2, 0.25) is 5.02 Å². The Morgan fingerprint density at radius 1 is 1.12 bits per heavy atom. The van der Waals surface area contributed by atoms with Crippen molar-refractivity contribution in [2.24, 2.45) is 0 Å². The first-order valence-corrected chi connectivity index (χ1v) is 10.6. The second-order valence-corrected chi connectivity index (χ2v) is 7.90. The number of carboxylic acids is 1. The summed E-state index contributed by atoms with van der Waals surface area (Å²) < 4.78 is 11.3. The highest BCUT2D eigenvalue weighted by molar-refractivity contribution is 6.31. The lowest BCUT2D eigenvalue weighted by molar-refractivity contribution is -0.137. The van der Waals surface area contributed by atoms with Gasteiger partial charge >= 0.3 is 5.97 Å². The quantitative estimate of drug-likeness (QED) is 0.334. The van der Waals surface area contributed by atoms with Crippen LogP contribution < -0.4 is 4.74 Å². The molecule has 1 atom stereocenters. The maximum atomic E-state index is 11.3. The fourth-order valence-corrected chi connectivity index (χ4v) is 3.82. The molecule has 0 saturated carbocycles. The smallest absolute Gasteiger partial charge is 0.304 e. The summed E-state index contributed by atoms with van der Waals surface area (Å²) in [5, 5.41) is 9.99. The summed E-state index contributed by atoms with van der Waals surface area (Å²) in [4.78, 5) is 15.4. The lowest BCUT2D eigenvalue weighted by Gasteiger charge is -2.13. The Balaban J connectivity index is 1.47. The van der Waals surface area contributed by atoms with Gasteiger partial charge in [0.15, 0.2) is 0 Å². The molecule has 0 spiro atoms. The Kier molecular flexibility index (Phi) is 6.57. The molecular formula is C26H22ClNO4. The van der Waals surface area contributed by atoms with Gasteiger partial charge in [0.2, 0.25) is 5.89 Å². The third-order valence-electron chi connectivity index (χ3n) is 5.32. The van der Waals surface area contributed by atoms with Crippen LogP contribution in [0.15, 0.2) is 83.6 Å². The molecule has 0 aliphatic heterocycles. The van der Waals surface area contributed by atoms with E-state index in [1.807, 2.05) is 55.5 Å². The van der Waals surface area contributed by atoms with Crippen LogP contribution >= 0.6 is 11.6 Å². The molecule has 0 saturated heterocycles. The standard InChI is InChI=1S/C26H22ClNO4/c1-17-22(6-3-7-24(17)27)20-5-2-4-18(14-20)16-32-21-10-8-19(9-11-21)23(15-25(29)30)26-28-12-13-31-26/h2-14,23H,15-16H2,1H3,(H,29,30). The van der Waals surface area contributed by atoms with Gasteiger partial charge in [0.25, 0.3) is 0 Å². The SMILES string of the molecule is Cc1c(Cl)cccc1-c1cccc(COc2ccc(C(CC(=O)O)c3ncco3)cc2)c1. The van der Waals surface area contributed by atoms with E-state index in [1.54, 1.807) is 0 Å². The van der Waals surface area contributed by atoms with Crippen molar-refractivity contribution in [2.45, 2.75) is 25.9 Å². The van der Waals surface area contributed by atoms with Crippen molar-refractivity contribution in [3.8, 4) is 16.9 Å². The van der Waals surface area contributed by atoms with Gasteiger partial charge in [0.05, 0.1) is 18.5 Å². The predicted molar refractivity (Wildman–Crippen MR) is 123 cm³/mol. The van der Waals surface area contributed by atoms with E-state index in [0.717, 1.165) is 32.8 Å². The fraction of sp³-hybridized carbons (Fsp3) is 0.154. The summed E-state index contributed by atoms with van der Waals surface area (Å²) in [6.07, 6.45) is 2.86. The number of ether oxygens (including phenoxy) is 1. The molecule has 32 heavy (non-hydrogen) atoms. The van der Waals surface area contributed by atoms with Crippen LogP contribution in [0.3, 0.4) is 0 Å². The van der Waals surface area contributed by atoms with Gasteiger partial charge in [-0.3, -0.25) is 4.79 Å². The Labute approximate surface area is 191 Å². The molecule has 1 aromatic heterocycles. The van der Waals surface area contributed by atoms with E-state index < -0.39 is 11.9 Å². The summed E-state index contributed by atoms with van der Waals surface area (Å²) in [7, 11) is 0. The zero-order valence-corrected chi connectivity index (χ0v) is 18.3. The van der Waals surface area contributed by atoms with Crippen LogP contribution in [0.5, 0.6) is 5.75 Å². The molecule has 0 radical (unpaired) electrons. The molecule has 1 unspecified atom stereocenters. The summed E-state index contributed by atoms with van der Waals surface area (Å²) in [6.45, 7) is 2.42. The molecule has 3 aromatic carbocycles. The zero-order valence-electron chi connectivity index (χ0n) is 17.5. The zero-order chi connectivity index (χ0) is 22.5. The minimum Gasteiger partial charge on any atom is -0.489 e. The molecule has 0 fully saturated rings. The molecule has 1 N–H and O–H groups in total. The minimum atomic E-state index is -0.914. The van der Waals surface area contributed by atoms with E-state index in [-0.39, 0.29) is 6.42 Å². The number of nitrogens with zero attached hydrogens (tertiary/aromatic N) is 1. The number of carboxylic acid groups (broad SMARTS) is 1. The Bertz CT molecular complexity index is 1200. The van der Waals surface area contributed by atoms with Crippen LogP contribution in [0.1, 0.15) is 34.9 Å². The number of benzene rings is 3. The van der Waals surface area contributed by atoms with Gasteiger partial charge in [0.1, 0.15) is 18.6 Å². The first-order valence-electron chi connectivity index (χ1n) is 10.2. The Morgan fingerprint density at radius 2 is 1.91 bits per heavy atom. The van der Waals surface area contributed by atoms with E-state index in [2.05, 4.69) is 23.2 Å². The average Bonchev–Trinajstić information content (AvgIpc) is 3.33. The van der Waals surface area contributed by atoms with Crippen LogP contribution in [0.25, 0.3) is 11.1 Å². The van der Waals surface area contributed by atoms with Crippen LogP contribution in [-0.2, 0) is 11.4 Å². The molecule has 5 nitrogen and oxygen atoms in total. The lowest BCUT2D eigenvalue weighted by atomic mass is 9.95. The molecule has 162 valence electrons. The molecule has 4 rings (SSSR count). The van der Waals surface area contributed by atoms with E-state index in [9.17, 15) is 9.90 Å². The topological polar surface area (TPSA) is 72.6 Å². The molecule has 0 bridgehead atoms. The van der Waals surface area contributed by atoms with Gasteiger partial charge in [-0.1, -0.05) is 54.1 Å². The van der Waals surface area contributed by atoms with Crippen molar-refractivity contribution >= 4 is 17.6 Å². The second-order valence-electron chi connectivity index (χ2n) is 7.49. The van der Waals surface area contributed by atoms with Crippen molar-refractivity contribution in [3.63, 3.8) is 0 Å². The number of aliphatic carboxylic acids is 1. The number of carbonyl (C=O) groups is 1. The van der Waals surface area contributed by atoms with E-state index in [0.29, 0.717) is 18.2 Å². The normalized spacial score (nSPS) is 11.8. The minimum absolute atomic E-state index is 0.101. The van der Waals surface area contributed by atoms with Crippen LogP contribution in [0.4, 0.5) is 0 Å². The Hall–Kier alpha value is -3.57. The molecule has 0 aliphatic rings. The summed E-state index contributed by atoms with van der Waals surface area (Å²) in [5.74, 6) is -0.286. The molecule has 0 amide bonds. The number of halogens is 1.